The Morgan fingerprint density at radius 2 is 2.33 bits per heavy atom. The molecule has 2 rings (SSSR count). The van der Waals surface area contributed by atoms with Crippen LogP contribution in [0, 0.1) is 0 Å². The number of nitrogens with zero attached hydrogens (tertiary/aromatic N) is 2. The highest BCUT2D eigenvalue weighted by Gasteiger charge is 2.29. The Hall–Kier alpha value is -0.800. The van der Waals surface area contributed by atoms with Crippen molar-refractivity contribution in [2.45, 2.75) is 18.9 Å². The fourth-order valence-corrected chi connectivity index (χ4v) is 1.78. The molecule has 15 heavy (non-hydrogen) atoms. The minimum Gasteiger partial charge on any atom is -0.383 e. The van der Waals surface area contributed by atoms with Crippen molar-refractivity contribution in [3.63, 3.8) is 0 Å². The Bertz CT molecular complexity index is 328. The fourth-order valence-electron chi connectivity index (χ4n) is 1.62. The van der Waals surface area contributed by atoms with E-state index in [2.05, 4.69) is 9.88 Å². The molecule has 4 heteroatoms. The van der Waals surface area contributed by atoms with E-state index in [1.165, 1.54) is 12.8 Å². The molecule has 82 valence electrons. The minimum absolute atomic E-state index is 0.551. The molecule has 1 aromatic heterocycles. The molecule has 0 bridgehead atoms. The second-order valence-electron chi connectivity index (χ2n) is 3.74. The molecule has 0 aromatic carbocycles. The summed E-state index contributed by atoms with van der Waals surface area (Å²) in [7, 11) is 1.72. The summed E-state index contributed by atoms with van der Waals surface area (Å²) in [5.41, 5.74) is 0. The lowest BCUT2D eigenvalue weighted by Gasteiger charge is -2.23. The maximum Gasteiger partial charge on any atom is 0.131 e. The highest BCUT2D eigenvalue weighted by molar-refractivity contribution is 6.29. The van der Waals surface area contributed by atoms with Crippen LogP contribution < -0.4 is 4.90 Å². The van der Waals surface area contributed by atoms with E-state index >= 15 is 0 Å². The number of anilines is 1. The first kappa shape index (κ1) is 10.7. The van der Waals surface area contributed by atoms with Crippen LogP contribution in [0.1, 0.15) is 12.8 Å². The van der Waals surface area contributed by atoms with Gasteiger partial charge in [-0.25, -0.2) is 4.98 Å². The van der Waals surface area contributed by atoms with E-state index in [4.69, 9.17) is 16.3 Å². The summed E-state index contributed by atoms with van der Waals surface area (Å²) < 4.78 is 5.10. The molecule has 3 nitrogen and oxygen atoms in total. The number of aromatic nitrogens is 1. The van der Waals surface area contributed by atoms with Gasteiger partial charge in [0.15, 0.2) is 0 Å². The first-order valence-electron chi connectivity index (χ1n) is 5.19. The van der Waals surface area contributed by atoms with Gasteiger partial charge in [-0.15, -0.1) is 0 Å². The van der Waals surface area contributed by atoms with E-state index in [-0.39, 0.29) is 0 Å². The lowest BCUT2D eigenvalue weighted by Crippen LogP contribution is -2.30. The summed E-state index contributed by atoms with van der Waals surface area (Å²) >= 11 is 5.88. The number of rotatable bonds is 5. The summed E-state index contributed by atoms with van der Waals surface area (Å²) in [4.78, 5) is 6.60. The molecule has 1 heterocycles. The van der Waals surface area contributed by atoms with Crippen LogP contribution in [0.5, 0.6) is 0 Å². The van der Waals surface area contributed by atoms with Crippen molar-refractivity contribution in [1.82, 2.24) is 4.98 Å². The third-order valence-corrected chi connectivity index (χ3v) is 2.73. The van der Waals surface area contributed by atoms with Crippen molar-refractivity contribution >= 4 is 17.4 Å². The molecule has 1 fully saturated rings. The second-order valence-corrected chi connectivity index (χ2v) is 4.12. The molecule has 0 atom stereocenters. The maximum absolute atomic E-state index is 5.88. The number of hydrogen-bond donors (Lipinski definition) is 0. The molecule has 0 N–H and O–H groups in total. The summed E-state index contributed by atoms with van der Waals surface area (Å²) in [5, 5.41) is 0.551. The van der Waals surface area contributed by atoms with Crippen molar-refractivity contribution in [1.29, 1.82) is 0 Å². The Morgan fingerprint density at radius 1 is 1.53 bits per heavy atom. The zero-order valence-electron chi connectivity index (χ0n) is 8.82. The molecule has 0 spiro atoms. The molecule has 0 amide bonds. The number of methoxy groups -OCH3 is 1. The average Bonchev–Trinajstić information content (AvgIpc) is 3.03. The smallest absolute Gasteiger partial charge is 0.131 e. The first-order valence-corrected chi connectivity index (χ1v) is 5.57. The van der Waals surface area contributed by atoms with Crippen LogP contribution in [-0.4, -0.2) is 31.3 Å². The fraction of sp³-hybridized carbons (Fsp3) is 0.545. The zero-order chi connectivity index (χ0) is 10.7. The van der Waals surface area contributed by atoms with Crippen LogP contribution in [0.2, 0.25) is 5.15 Å². The Morgan fingerprint density at radius 3 is 2.93 bits per heavy atom. The predicted molar refractivity (Wildman–Crippen MR) is 61.5 cm³/mol. The van der Waals surface area contributed by atoms with Gasteiger partial charge in [0.25, 0.3) is 0 Å². The van der Waals surface area contributed by atoms with Crippen LogP contribution in [0.3, 0.4) is 0 Å². The van der Waals surface area contributed by atoms with Crippen LogP contribution >= 0.6 is 11.6 Å². The Balaban J connectivity index is 2.09. The minimum atomic E-state index is 0.551. The van der Waals surface area contributed by atoms with E-state index in [0.29, 0.717) is 11.2 Å². The van der Waals surface area contributed by atoms with E-state index in [1.54, 1.807) is 13.2 Å². The Kier molecular flexibility index (Phi) is 3.44. The van der Waals surface area contributed by atoms with Crippen molar-refractivity contribution in [3.05, 3.63) is 23.4 Å². The molecular formula is C11H15ClN2O. The number of pyridine rings is 1. The molecule has 1 aromatic rings. The molecule has 0 aliphatic heterocycles. The molecule has 0 radical (unpaired) electrons. The van der Waals surface area contributed by atoms with E-state index < -0.39 is 0 Å². The normalized spacial score (nSPS) is 15.3. The van der Waals surface area contributed by atoms with Crippen molar-refractivity contribution < 1.29 is 4.74 Å². The van der Waals surface area contributed by atoms with E-state index in [1.807, 2.05) is 12.1 Å². The third-order valence-electron chi connectivity index (χ3n) is 2.52. The van der Waals surface area contributed by atoms with Crippen LogP contribution in [0.25, 0.3) is 0 Å². The van der Waals surface area contributed by atoms with Gasteiger partial charge in [-0.05, 0) is 25.0 Å². The average molecular weight is 227 g/mol. The SMILES string of the molecule is COCCN(c1cccc(Cl)n1)C1CC1. The molecule has 0 unspecified atom stereocenters. The maximum atomic E-state index is 5.88. The number of ether oxygens (including phenoxy) is 1. The largest absolute Gasteiger partial charge is 0.383 e. The van der Waals surface area contributed by atoms with E-state index in [9.17, 15) is 0 Å². The number of halogens is 1. The molecule has 1 aliphatic rings. The van der Waals surface area contributed by atoms with Crippen LogP contribution in [0.15, 0.2) is 18.2 Å². The lowest BCUT2D eigenvalue weighted by atomic mass is 10.4. The summed E-state index contributed by atoms with van der Waals surface area (Å²) in [5.74, 6) is 0.960. The van der Waals surface area contributed by atoms with Gasteiger partial charge < -0.3 is 9.64 Å². The second kappa shape index (κ2) is 4.81. The van der Waals surface area contributed by atoms with Gasteiger partial charge in [0.1, 0.15) is 11.0 Å². The predicted octanol–water partition coefficient (Wildman–Crippen LogP) is 2.35. The third kappa shape index (κ3) is 2.83. The topological polar surface area (TPSA) is 25.4 Å². The monoisotopic (exact) mass is 226 g/mol. The molecule has 0 saturated heterocycles. The lowest BCUT2D eigenvalue weighted by molar-refractivity contribution is 0.204. The van der Waals surface area contributed by atoms with Gasteiger partial charge in [0.2, 0.25) is 0 Å². The van der Waals surface area contributed by atoms with Crippen molar-refractivity contribution in [2.24, 2.45) is 0 Å². The molecular weight excluding hydrogens is 212 g/mol. The van der Waals surface area contributed by atoms with Crippen molar-refractivity contribution in [2.75, 3.05) is 25.2 Å². The van der Waals surface area contributed by atoms with Gasteiger partial charge in [0, 0.05) is 19.7 Å². The van der Waals surface area contributed by atoms with Crippen LogP contribution in [0.4, 0.5) is 5.82 Å². The van der Waals surface area contributed by atoms with Gasteiger partial charge in [-0.1, -0.05) is 17.7 Å². The molecule has 1 saturated carbocycles. The van der Waals surface area contributed by atoms with Crippen LogP contribution in [-0.2, 0) is 4.74 Å². The summed E-state index contributed by atoms with van der Waals surface area (Å²) in [6.07, 6.45) is 2.50. The number of hydrogen-bond acceptors (Lipinski definition) is 3. The van der Waals surface area contributed by atoms with Gasteiger partial charge >= 0.3 is 0 Å². The van der Waals surface area contributed by atoms with Gasteiger partial charge in [-0.2, -0.15) is 0 Å². The first-order chi connectivity index (χ1) is 7.31. The highest BCUT2D eigenvalue weighted by atomic mass is 35.5. The summed E-state index contributed by atoms with van der Waals surface area (Å²) in [6, 6.07) is 6.37. The standard InChI is InChI=1S/C11H15ClN2O/c1-15-8-7-14(9-5-6-9)11-4-2-3-10(12)13-11/h2-4,9H,5-8H2,1H3. The zero-order valence-corrected chi connectivity index (χ0v) is 9.57. The summed E-state index contributed by atoms with van der Waals surface area (Å²) in [6.45, 7) is 1.61. The van der Waals surface area contributed by atoms with Crippen molar-refractivity contribution in [3.8, 4) is 0 Å². The highest BCUT2D eigenvalue weighted by Crippen LogP contribution is 2.30. The Labute approximate surface area is 95.0 Å². The van der Waals surface area contributed by atoms with E-state index in [0.717, 1.165) is 19.0 Å². The van der Waals surface area contributed by atoms with Gasteiger partial charge in [-0.3, -0.25) is 0 Å². The quantitative estimate of drug-likeness (QED) is 0.721. The van der Waals surface area contributed by atoms with Gasteiger partial charge in [0.05, 0.1) is 6.61 Å². The molecule has 1 aliphatic carbocycles.